The topological polar surface area (TPSA) is 89.3 Å². The van der Waals surface area contributed by atoms with Crippen molar-refractivity contribution in [1.29, 1.82) is 0 Å². The molecule has 1 amide bonds. The predicted molar refractivity (Wildman–Crippen MR) is 69.4 cm³/mol. The van der Waals surface area contributed by atoms with Crippen LogP contribution in [0.2, 0.25) is 0 Å². The lowest BCUT2D eigenvalue weighted by atomic mass is 10.1. The normalized spacial score (nSPS) is 20.8. The number of carbonyl (C=O) groups is 1. The molecule has 18 heavy (non-hydrogen) atoms. The second-order valence-electron chi connectivity index (χ2n) is 4.25. The molecule has 1 unspecified atom stereocenters. The lowest BCUT2D eigenvalue weighted by molar-refractivity contribution is -0.120. The molecule has 6 heteroatoms. The minimum atomic E-state index is -3.14. The van der Waals surface area contributed by atoms with Gasteiger partial charge in [-0.2, -0.15) is 0 Å². The molecule has 1 aromatic carbocycles. The van der Waals surface area contributed by atoms with Gasteiger partial charge in [0.15, 0.2) is 9.84 Å². The molecule has 3 N–H and O–H groups in total. The summed E-state index contributed by atoms with van der Waals surface area (Å²) in [4.78, 5) is 11.7. The summed E-state index contributed by atoms with van der Waals surface area (Å²) in [6.07, 6.45) is 1.68. The number of amides is 1. The van der Waals surface area contributed by atoms with Gasteiger partial charge in [0.05, 0.1) is 18.2 Å². The Labute approximate surface area is 106 Å². The summed E-state index contributed by atoms with van der Waals surface area (Å²) in [5, 5.41) is 3.79. The molecule has 0 aromatic heterocycles. The van der Waals surface area contributed by atoms with Gasteiger partial charge >= 0.3 is 0 Å². The molecule has 0 bridgehead atoms. The van der Waals surface area contributed by atoms with Gasteiger partial charge in [-0.3, -0.25) is 4.79 Å². The van der Waals surface area contributed by atoms with Crippen molar-refractivity contribution in [2.45, 2.75) is 12.5 Å². The zero-order valence-electron chi connectivity index (χ0n) is 9.67. The Bertz CT molecular complexity index is 593. The maximum Gasteiger partial charge on any atom is 0.224 e. The minimum Gasteiger partial charge on any atom is -0.399 e. The molecule has 0 saturated heterocycles. The standard InChI is InChI=1S/C12H14N2O3S/c13-10-3-1-2-9(6-10)7-12(15)14-11-4-5-18(16,17)8-11/h1-6,11H,7-8,13H2,(H,14,15). The summed E-state index contributed by atoms with van der Waals surface area (Å²) < 4.78 is 22.3. The van der Waals surface area contributed by atoms with Crippen LogP contribution in [-0.2, 0) is 21.1 Å². The van der Waals surface area contributed by atoms with Gasteiger partial charge in [0, 0.05) is 11.1 Å². The number of anilines is 1. The van der Waals surface area contributed by atoms with Gasteiger partial charge in [-0.05, 0) is 23.8 Å². The highest BCUT2D eigenvalue weighted by Crippen LogP contribution is 2.10. The molecule has 1 aliphatic heterocycles. The van der Waals surface area contributed by atoms with Gasteiger partial charge in [0.1, 0.15) is 0 Å². The number of carbonyl (C=O) groups excluding carboxylic acids is 1. The monoisotopic (exact) mass is 266 g/mol. The van der Waals surface area contributed by atoms with Crippen molar-refractivity contribution < 1.29 is 13.2 Å². The Balaban J connectivity index is 1.92. The Morgan fingerprint density at radius 2 is 2.22 bits per heavy atom. The second-order valence-corrected chi connectivity index (χ2v) is 6.19. The van der Waals surface area contributed by atoms with Crippen LogP contribution in [0.15, 0.2) is 35.7 Å². The van der Waals surface area contributed by atoms with Crippen molar-refractivity contribution in [1.82, 2.24) is 5.32 Å². The molecule has 1 heterocycles. The van der Waals surface area contributed by atoms with Gasteiger partial charge < -0.3 is 11.1 Å². The van der Waals surface area contributed by atoms with E-state index in [0.29, 0.717) is 5.69 Å². The van der Waals surface area contributed by atoms with Crippen LogP contribution in [-0.4, -0.2) is 26.1 Å². The average Bonchev–Trinajstić information content (AvgIpc) is 2.57. The summed E-state index contributed by atoms with van der Waals surface area (Å²) in [6.45, 7) is 0. The van der Waals surface area contributed by atoms with Crippen molar-refractivity contribution >= 4 is 21.4 Å². The highest BCUT2D eigenvalue weighted by molar-refractivity contribution is 7.94. The fraction of sp³-hybridized carbons (Fsp3) is 0.250. The van der Waals surface area contributed by atoms with Gasteiger partial charge in [0.2, 0.25) is 5.91 Å². The molecule has 0 saturated carbocycles. The van der Waals surface area contributed by atoms with Crippen LogP contribution in [0.25, 0.3) is 0 Å². The third-order valence-electron chi connectivity index (χ3n) is 2.59. The quantitative estimate of drug-likeness (QED) is 0.767. The Morgan fingerprint density at radius 1 is 1.44 bits per heavy atom. The van der Waals surface area contributed by atoms with E-state index >= 15 is 0 Å². The molecule has 1 aromatic rings. The van der Waals surface area contributed by atoms with Crippen LogP contribution < -0.4 is 11.1 Å². The number of hydrogen-bond donors (Lipinski definition) is 2. The number of nitrogens with one attached hydrogen (secondary N) is 1. The molecule has 5 nitrogen and oxygen atoms in total. The summed E-state index contributed by atoms with van der Waals surface area (Å²) in [6, 6.07) is 6.62. The summed E-state index contributed by atoms with van der Waals surface area (Å²) in [5.74, 6) is -0.275. The van der Waals surface area contributed by atoms with E-state index in [1.807, 2.05) is 0 Å². The molecule has 2 rings (SSSR count). The van der Waals surface area contributed by atoms with E-state index in [9.17, 15) is 13.2 Å². The first kappa shape index (κ1) is 12.6. The van der Waals surface area contributed by atoms with Crippen molar-refractivity contribution in [3.63, 3.8) is 0 Å². The maximum atomic E-state index is 11.7. The molecular weight excluding hydrogens is 252 g/mol. The highest BCUT2D eigenvalue weighted by Gasteiger charge is 2.22. The van der Waals surface area contributed by atoms with Crippen molar-refractivity contribution in [2.75, 3.05) is 11.5 Å². The summed E-state index contributed by atoms with van der Waals surface area (Å²) in [5.41, 5.74) is 7.01. The van der Waals surface area contributed by atoms with Crippen LogP contribution in [0.1, 0.15) is 5.56 Å². The molecule has 0 aliphatic carbocycles. The average molecular weight is 266 g/mol. The Morgan fingerprint density at radius 3 is 2.83 bits per heavy atom. The lowest BCUT2D eigenvalue weighted by Crippen LogP contribution is -2.36. The van der Waals surface area contributed by atoms with Crippen molar-refractivity contribution in [3.8, 4) is 0 Å². The molecule has 1 atom stereocenters. The van der Waals surface area contributed by atoms with E-state index in [4.69, 9.17) is 5.73 Å². The van der Waals surface area contributed by atoms with Crippen LogP contribution in [0.4, 0.5) is 5.69 Å². The summed E-state index contributed by atoms with van der Waals surface area (Å²) >= 11 is 0. The largest absolute Gasteiger partial charge is 0.399 e. The number of sulfone groups is 1. The molecule has 0 fully saturated rings. The van der Waals surface area contributed by atoms with Crippen LogP contribution >= 0.6 is 0 Å². The maximum absolute atomic E-state index is 11.7. The number of nitrogen functional groups attached to an aromatic ring is 1. The van der Waals surface area contributed by atoms with Gasteiger partial charge in [-0.25, -0.2) is 8.42 Å². The molecular formula is C12H14N2O3S. The number of benzene rings is 1. The van der Waals surface area contributed by atoms with E-state index in [0.717, 1.165) is 11.0 Å². The fourth-order valence-corrected chi connectivity index (χ4v) is 3.05. The SMILES string of the molecule is Nc1cccc(CC(=O)NC2C=CS(=O)(=O)C2)c1. The Kier molecular flexibility index (Phi) is 3.38. The van der Waals surface area contributed by atoms with Crippen LogP contribution in [0, 0.1) is 0 Å². The van der Waals surface area contributed by atoms with Crippen LogP contribution in [0.3, 0.4) is 0 Å². The first-order valence-electron chi connectivity index (χ1n) is 5.49. The third kappa shape index (κ3) is 3.33. The zero-order valence-corrected chi connectivity index (χ0v) is 10.5. The van der Waals surface area contributed by atoms with Crippen molar-refractivity contribution in [2.24, 2.45) is 0 Å². The van der Waals surface area contributed by atoms with E-state index in [-0.39, 0.29) is 18.1 Å². The van der Waals surface area contributed by atoms with Gasteiger partial charge in [-0.1, -0.05) is 12.1 Å². The van der Waals surface area contributed by atoms with Crippen LogP contribution in [0.5, 0.6) is 0 Å². The van der Waals surface area contributed by atoms with E-state index in [2.05, 4.69) is 5.32 Å². The smallest absolute Gasteiger partial charge is 0.224 e. The lowest BCUT2D eigenvalue weighted by Gasteiger charge is -2.10. The predicted octanol–water partition coefficient (Wildman–Crippen LogP) is 0.238. The molecule has 96 valence electrons. The number of rotatable bonds is 3. The summed E-state index contributed by atoms with van der Waals surface area (Å²) in [7, 11) is -3.14. The van der Waals surface area contributed by atoms with E-state index in [1.54, 1.807) is 24.3 Å². The molecule has 1 aliphatic rings. The highest BCUT2D eigenvalue weighted by atomic mass is 32.2. The first-order chi connectivity index (χ1) is 8.44. The molecule has 0 spiro atoms. The van der Waals surface area contributed by atoms with Crippen molar-refractivity contribution in [3.05, 3.63) is 41.3 Å². The Hall–Kier alpha value is -1.82. The first-order valence-corrected chi connectivity index (χ1v) is 7.21. The second kappa shape index (κ2) is 4.81. The number of nitrogens with two attached hydrogens (primary N) is 1. The van der Waals surface area contributed by atoms with Gasteiger partial charge in [-0.15, -0.1) is 0 Å². The third-order valence-corrected chi connectivity index (χ3v) is 3.99. The van der Waals surface area contributed by atoms with E-state index in [1.165, 1.54) is 6.08 Å². The van der Waals surface area contributed by atoms with E-state index < -0.39 is 15.9 Å². The fourth-order valence-electron chi connectivity index (χ4n) is 1.81. The molecule has 0 radical (unpaired) electrons. The zero-order chi connectivity index (χ0) is 13.2. The number of hydrogen-bond acceptors (Lipinski definition) is 4. The minimum absolute atomic E-state index is 0.0599. The van der Waals surface area contributed by atoms with Gasteiger partial charge in [0.25, 0.3) is 0 Å².